The topological polar surface area (TPSA) is 109 Å². The van der Waals surface area contributed by atoms with Gasteiger partial charge in [-0.3, -0.25) is 14.4 Å². The second-order valence-corrected chi connectivity index (χ2v) is 6.36. The summed E-state index contributed by atoms with van der Waals surface area (Å²) in [5, 5.41) is 11.3. The average molecular weight is 409 g/mol. The summed E-state index contributed by atoms with van der Waals surface area (Å²) in [6.07, 6.45) is 0.144. The molecule has 2 amide bonds. The monoisotopic (exact) mass is 409 g/mol. The zero-order valence-corrected chi connectivity index (χ0v) is 16.9. The molecule has 2 rings (SSSR count). The minimum atomic E-state index is -0.741. The first kappa shape index (κ1) is 22.4. The highest BCUT2D eigenvalue weighted by Gasteiger charge is 2.18. The Morgan fingerprint density at radius 3 is 2.33 bits per heavy atom. The molecule has 0 unspecified atom stereocenters. The van der Waals surface area contributed by atoms with Crippen molar-refractivity contribution < 1.29 is 23.9 Å². The number of esters is 1. The molecule has 0 aliphatic carbocycles. The number of ether oxygens (including phenoxy) is 2. The van der Waals surface area contributed by atoms with E-state index in [1.807, 2.05) is 25.1 Å². The summed E-state index contributed by atoms with van der Waals surface area (Å²) in [4.78, 5) is 37.9. The fraction of sp³-hybridized carbons (Fsp3) is 0.273. The van der Waals surface area contributed by atoms with Gasteiger partial charge in [-0.15, -0.1) is 0 Å². The van der Waals surface area contributed by atoms with Crippen LogP contribution in [0.15, 0.2) is 48.5 Å². The first-order valence-corrected chi connectivity index (χ1v) is 9.26. The molecule has 8 nitrogen and oxygen atoms in total. The van der Waals surface area contributed by atoms with Crippen LogP contribution in [0.2, 0.25) is 0 Å². The molecule has 0 saturated heterocycles. The van der Waals surface area contributed by atoms with E-state index in [1.54, 1.807) is 36.4 Å². The van der Waals surface area contributed by atoms with Gasteiger partial charge in [0.1, 0.15) is 12.3 Å². The normalized spacial score (nSPS) is 9.90. The Balaban J connectivity index is 1.86. The van der Waals surface area contributed by atoms with Crippen molar-refractivity contribution in [2.24, 2.45) is 0 Å². The molecule has 1 N–H and O–H groups in total. The van der Waals surface area contributed by atoms with Crippen molar-refractivity contribution in [1.29, 1.82) is 5.26 Å². The molecule has 0 aliphatic rings. The van der Waals surface area contributed by atoms with Crippen LogP contribution in [-0.2, 0) is 14.3 Å². The molecule has 0 atom stereocenters. The Bertz CT molecular complexity index is 917. The van der Waals surface area contributed by atoms with Gasteiger partial charge in [0.25, 0.3) is 11.8 Å². The van der Waals surface area contributed by atoms with Gasteiger partial charge in [-0.1, -0.05) is 17.7 Å². The van der Waals surface area contributed by atoms with Crippen LogP contribution in [0.25, 0.3) is 0 Å². The van der Waals surface area contributed by atoms with E-state index in [4.69, 9.17) is 14.7 Å². The number of rotatable bonds is 9. The number of carbonyl (C=O) groups excluding carboxylic acids is 3. The second kappa shape index (κ2) is 11.2. The third-order valence-corrected chi connectivity index (χ3v) is 4.20. The van der Waals surface area contributed by atoms with Gasteiger partial charge in [0, 0.05) is 17.8 Å². The maximum atomic E-state index is 12.5. The Morgan fingerprint density at radius 1 is 1.07 bits per heavy atom. The minimum absolute atomic E-state index is 0.144. The third-order valence-electron chi connectivity index (χ3n) is 4.20. The Labute approximate surface area is 175 Å². The molecule has 30 heavy (non-hydrogen) atoms. The predicted molar refractivity (Wildman–Crippen MR) is 110 cm³/mol. The first-order chi connectivity index (χ1) is 14.4. The molecule has 0 aliphatic heterocycles. The number of hydrogen-bond acceptors (Lipinski definition) is 6. The highest BCUT2D eigenvalue weighted by Crippen LogP contribution is 2.16. The lowest BCUT2D eigenvalue weighted by molar-refractivity contribution is -0.146. The van der Waals surface area contributed by atoms with Gasteiger partial charge in [-0.25, -0.2) is 0 Å². The number of carbonyl (C=O) groups is 3. The molecule has 8 heteroatoms. The largest absolute Gasteiger partial charge is 0.497 e. The van der Waals surface area contributed by atoms with Crippen LogP contribution in [-0.4, -0.2) is 44.6 Å². The van der Waals surface area contributed by atoms with Crippen LogP contribution in [0, 0.1) is 18.3 Å². The Hall–Kier alpha value is -3.86. The number of hydrogen-bond donors (Lipinski definition) is 1. The highest BCUT2D eigenvalue weighted by molar-refractivity contribution is 5.97. The average Bonchev–Trinajstić information content (AvgIpc) is 2.77. The zero-order chi connectivity index (χ0) is 21.9. The van der Waals surface area contributed by atoms with E-state index in [9.17, 15) is 14.4 Å². The van der Waals surface area contributed by atoms with Gasteiger partial charge in [-0.05, 0) is 43.3 Å². The maximum absolute atomic E-state index is 12.5. The quantitative estimate of drug-likeness (QED) is 0.636. The summed E-state index contributed by atoms with van der Waals surface area (Å²) in [6.45, 7) is 1.24. The van der Waals surface area contributed by atoms with Gasteiger partial charge < -0.3 is 19.7 Å². The zero-order valence-electron chi connectivity index (χ0n) is 16.9. The van der Waals surface area contributed by atoms with Gasteiger partial charge >= 0.3 is 5.97 Å². The van der Waals surface area contributed by atoms with E-state index >= 15 is 0 Å². The fourth-order valence-electron chi connectivity index (χ4n) is 2.55. The van der Waals surface area contributed by atoms with E-state index in [1.165, 1.54) is 12.0 Å². The van der Waals surface area contributed by atoms with E-state index in [0.717, 1.165) is 5.56 Å². The first-order valence-electron chi connectivity index (χ1n) is 9.26. The fourth-order valence-corrected chi connectivity index (χ4v) is 2.55. The molecule has 0 heterocycles. The summed E-state index contributed by atoms with van der Waals surface area (Å²) < 4.78 is 10.0. The number of aryl methyl sites for hydroxylation is 1. The van der Waals surface area contributed by atoms with Gasteiger partial charge in [0.2, 0.25) is 0 Å². The molecule has 0 spiro atoms. The van der Waals surface area contributed by atoms with E-state index in [0.29, 0.717) is 17.0 Å². The molecule has 0 bridgehead atoms. The van der Waals surface area contributed by atoms with Crippen LogP contribution < -0.4 is 15.0 Å². The summed E-state index contributed by atoms with van der Waals surface area (Å²) in [6, 6.07) is 15.6. The predicted octanol–water partition coefficient (Wildman–Crippen LogP) is 2.22. The molecule has 2 aromatic rings. The van der Waals surface area contributed by atoms with E-state index in [2.05, 4.69) is 5.32 Å². The van der Waals surface area contributed by atoms with Crippen LogP contribution in [0.4, 0.5) is 5.69 Å². The van der Waals surface area contributed by atoms with Gasteiger partial charge in [0.15, 0.2) is 6.61 Å². The van der Waals surface area contributed by atoms with Crippen LogP contribution in [0.5, 0.6) is 5.75 Å². The van der Waals surface area contributed by atoms with Gasteiger partial charge in [0.05, 0.1) is 19.6 Å². The highest BCUT2D eigenvalue weighted by atomic mass is 16.5. The Kier molecular flexibility index (Phi) is 8.39. The number of nitrogens with one attached hydrogen (secondary N) is 1. The SMILES string of the molecule is COc1ccc(C(=O)NCC(=O)OCC(=O)N(CCC#N)c2ccc(C)cc2)cc1. The van der Waals surface area contributed by atoms with Crippen molar-refractivity contribution in [2.75, 3.05) is 31.7 Å². The second-order valence-electron chi connectivity index (χ2n) is 6.36. The number of nitriles is 1. The number of methoxy groups -OCH3 is 1. The maximum Gasteiger partial charge on any atom is 0.325 e. The third kappa shape index (κ3) is 6.63. The van der Waals surface area contributed by atoms with Crippen LogP contribution >= 0.6 is 0 Å². The standard InChI is InChI=1S/C22H23N3O5/c1-16-4-8-18(9-5-16)25(13-3-12-23)20(26)15-30-21(27)14-24-22(28)17-6-10-19(29-2)11-7-17/h4-11H,3,13-15H2,1-2H3,(H,24,28). The molecule has 0 fully saturated rings. The number of anilines is 1. The molecular weight excluding hydrogens is 386 g/mol. The van der Waals surface area contributed by atoms with E-state index in [-0.39, 0.29) is 19.5 Å². The van der Waals surface area contributed by atoms with Crippen LogP contribution in [0.3, 0.4) is 0 Å². The smallest absolute Gasteiger partial charge is 0.325 e. The molecule has 0 radical (unpaired) electrons. The molecule has 0 saturated carbocycles. The number of amides is 2. The van der Waals surface area contributed by atoms with Crippen molar-refractivity contribution in [2.45, 2.75) is 13.3 Å². The molecule has 156 valence electrons. The van der Waals surface area contributed by atoms with Crippen molar-refractivity contribution in [3.05, 3.63) is 59.7 Å². The van der Waals surface area contributed by atoms with Crippen molar-refractivity contribution in [1.82, 2.24) is 5.32 Å². The summed E-state index contributed by atoms with van der Waals surface area (Å²) in [5.41, 5.74) is 2.01. The lowest BCUT2D eigenvalue weighted by Crippen LogP contribution is -2.37. The number of benzene rings is 2. The molecular formula is C22H23N3O5. The summed E-state index contributed by atoms with van der Waals surface area (Å²) in [5.74, 6) is -1.03. The van der Waals surface area contributed by atoms with Crippen molar-refractivity contribution in [3.8, 4) is 11.8 Å². The van der Waals surface area contributed by atoms with Crippen LogP contribution in [0.1, 0.15) is 22.3 Å². The minimum Gasteiger partial charge on any atom is -0.497 e. The lowest BCUT2D eigenvalue weighted by Gasteiger charge is -2.21. The molecule has 0 aromatic heterocycles. The Morgan fingerprint density at radius 2 is 1.73 bits per heavy atom. The van der Waals surface area contributed by atoms with Crippen molar-refractivity contribution in [3.63, 3.8) is 0 Å². The molecule has 2 aromatic carbocycles. The van der Waals surface area contributed by atoms with E-state index < -0.39 is 24.4 Å². The number of nitrogens with zero attached hydrogens (tertiary/aromatic N) is 2. The summed E-state index contributed by atoms with van der Waals surface area (Å²) >= 11 is 0. The van der Waals surface area contributed by atoms with Crippen molar-refractivity contribution >= 4 is 23.5 Å². The lowest BCUT2D eigenvalue weighted by atomic mass is 10.2. The van der Waals surface area contributed by atoms with Gasteiger partial charge in [-0.2, -0.15) is 5.26 Å². The summed E-state index contributed by atoms with van der Waals surface area (Å²) in [7, 11) is 1.52.